The molecule has 0 amide bonds. The number of aryl methyl sites for hydroxylation is 2. The van der Waals surface area contributed by atoms with Crippen LogP contribution in [-0.4, -0.2) is 42.7 Å². The van der Waals surface area contributed by atoms with Crippen molar-refractivity contribution in [2.75, 3.05) is 26.3 Å². The normalized spacial score (nSPS) is 17.5. The molecular formula is C16H23N3O. The molecule has 0 radical (unpaired) electrons. The molecule has 108 valence electrons. The summed E-state index contributed by atoms with van der Waals surface area (Å²) in [6.45, 7) is 11.4. The highest BCUT2D eigenvalue weighted by molar-refractivity contribution is 6.41. The molecule has 0 N–H and O–H groups in total. The van der Waals surface area contributed by atoms with E-state index < -0.39 is 0 Å². The van der Waals surface area contributed by atoms with E-state index in [2.05, 4.69) is 42.2 Å². The number of para-hydroxylation sites is 1. The van der Waals surface area contributed by atoms with Crippen LogP contribution >= 0.6 is 0 Å². The molecule has 2 rings (SSSR count). The fourth-order valence-corrected chi connectivity index (χ4v) is 2.17. The van der Waals surface area contributed by atoms with E-state index in [1.54, 1.807) is 0 Å². The van der Waals surface area contributed by atoms with Crippen LogP contribution in [0.1, 0.15) is 25.0 Å². The molecule has 20 heavy (non-hydrogen) atoms. The zero-order valence-electron chi connectivity index (χ0n) is 12.8. The van der Waals surface area contributed by atoms with Crippen LogP contribution < -0.4 is 0 Å². The number of hydrazone groups is 1. The van der Waals surface area contributed by atoms with Crippen LogP contribution in [0, 0.1) is 13.8 Å². The molecule has 1 heterocycles. The average Bonchev–Trinajstić information content (AvgIpc) is 2.44. The molecule has 0 aliphatic carbocycles. The summed E-state index contributed by atoms with van der Waals surface area (Å²) < 4.78 is 5.33. The number of rotatable bonds is 3. The zero-order valence-corrected chi connectivity index (χ0v) is 12.8. The van der Waals surface area contributed by atoms with Crippen LogP contribution in [-0.2, 0) is 4.74 Å². The van der Waals surface area contributed by atoms with Gasteiger partial charge < -0.3 is 4.74 Å². The molecule has 0 atom stereocenters. The van der Waals surface area contributed by atoms with Crippen molar-refractivity contribution in [3.8, 4) is 0 Å². The van der Waals surface area contributed by atoms with E-state index in [0.29, 0.717) is 0 Å². The van der Waals surface area contributed by atoms with Crippen molar-refractivity contribution in [2.45, 2.75) is 27.7 Å². The lowest BCUT2D eigenvalue weighted by molar-refractivity contribution is 0.0394. The number of nitrogens with zero attached hydrogens (tertiary/aromatic N) is 3. The van der Waals surface area contributed by atoms with E-state index in [1.807, 2.05) is 13.8 Å². The van der Waals surface area contributed by atoms with Gasteiger partial charge in [0.2, 0.25) is 0 Å². The monoisotopic (exact) mass is 273 g/mol. The van der Waals surface area contributed by atoms with Gasteiger partial charge in [-0.2, -0.15) is 5.10 Å². The van der Waals surface area contributed by atoms with Gasteiger partial charge >= 0.3 is 0 Å². The molecule has 0 aromatic heterocycles. The fraction of sp³-hybridized carbons (Fsp3) is 0.500. The Labute approximate surface area is 121 Å². The highest BCUT2D eigenvalue weighted by Gasteiger charge is 2.09. The van der Waals surface area contributed by atoms with Crippen LogP contribution in [0.15, 0.2) is 28.3 Å². The summed E-state index contributed by atoms with van der Waals surface area (Å²) in [5.41, 5.74) is 5.39. The van der Waals surface area contributed by atoms with Crippen molar-refractivity contribution in [3.63, 3.8) is 0 Å². The van der Waals surface area contributed by atoms with Crippen LogP contribution in [0.25, 0.3) is 0 Å². The Morgan fingerprint density at radius 1 is 1.05 bits per heavy atom. The van der Waals surface area contributed by atoms with E-state index in [-0.39, 0.29) is 0 Å². The van der Waals surface area contributed by atoms with Crippen LogP contribution in [0.5, 0.6) is 0 Å². The minimum Gasteiger partial charge on any atom is -0.378 e. The van der Waals surface area contributed by atoms with Gasteiger partial charge in [0.25, 0.3) is 0 Å². The molecule has 0 unspecified atom stereocenters. The summed E-state index contributed by atoms with van der Waals surface area (Å²) in [6.07, 6.45) is 0. The summed E-state index contributed by atoms with van der Waals surface area (Å²) in [5.74, 6) is 0. The Morgan fingerprint density at radius 2 is 1.65 bits per heavy atom. The Morgan fingerprint density at radius 3 is 2.25 bits per heavy atom. The number of ether oxygens (including phenoxy) is 1. The van der Waals surface area contributed by atoms with Crippen molar-refractivity contribution < 1.29 is 4.74 Å². The molecular weight excluding hydrogens is 250 g/mol. The number of benzene rings is 1. The SMILES string of the molecule is CC(=Nc1c(C)cccc1C)/C(C)=N/N1CCOCC1. The smallest absolute Gasteiger partial charge is 0.0786 e. The summed E-state index contributed by atoms with van der Waals surface area (Å²) in [6, 6.07) is 6.24. The summed E-state index contributed by atoms with van der Waals surface area (Å²) in [4.78, 5) is 4.75. The Bertz CT molecular complexity index is 508. The van der Waals surface area contributed by atoms with Crippen molar-refractivity contribution >= 4 is 17.1 Å². The second kappa shape index (κ2) is 6.66. The van der Waals surface area contributed by atoms with Gasteiger partial charge in [-0.05, 0) is 38.8 Å². The van der Waals surface area contributed by atoms with Gasteiger partial charge in [0.1, 0.15) is 0 Å². The maximum atomic E-state index is 5.33. The predicted octanol–water partition coefficient (Wildman–Crippen LogP) is 3.10. The average molecular weight is 273 g/mol. The van der Waals surface area contributed by atoms with Gasteiger partial charge in [-0.25, -0.2) is 0 Å². The third-order valence-electron chi connectivity index (χ3n) is 3.52. The molecule has 0 spiro atoms. The minimum atomic E-state index is 0.754. The second-order valence-corrected chi connectivity index (χ2v) is 5.19. The summed E-state index contributed by atoms with van der Waals surface area (Å²) in [5, 5.41) is 6.69. The van der Waals surface area contributed by atoms with Crippen LogP contribution in [0.3, 0.4) is 0 Å². The van der Waals surface area contributed by atoms with E-state index in [4.69, 9.17) is 9.73 Å². The third-order valence-corrected chi connectivity index (χ3v) is 3.52. The van der Waals surface area contributed by atoms with Gasteiger partial charge in [-0.3, -0.25) is 10.0 Å². The van der Waals surface area contributed by atoms with Gasteiger partial charge in [0.05, 0.1) is 43.4 Å². The zero-order chi connectivity index (χ0) is 14.5. The number of hydrogen-bond donors (Lipinski definition) is 0. The number of aliphatic imine (C=N–C) groups is 1. The molecule has 1 aromatic rings. The quantitative estimate of drug-likeness (QED) is 0.794. The first-order chi connectivity index (χ1) is 9.58. The second-order valence-electron chi connectivity index (χ2n) is 5.19. The Hall–Kier alpha value is -1.68. The van der Waals surface area contributed by atoms with Gasteiger partial charge in [0.15, 0.2) is 0 Å². The maximum absolute atomic E-state index is 5.33. The van der Waals surface area contributed by atoms with Gasteiger partial charge in [-0.1, -0.05) is 18.2 Å². The molecule has 1 fully saturated rings. The first-order valence-corrected chi connectivity index (χ1v) is 7.07. The molecule has 1 aliphatic rings. The van der Waals surface area contributed by atoms with E-state index in [0.717, 1.165) is 43.4 Å². The van der Waals surface area contributed by atoms with Crippen molar-refractivity contribution in [2.24, 2.45) is 10.1 Å². The lowest BCUT2D eigenvalue weighted by Crippen LogP contribution is -2.33. The van der Waals surface area contributed by atoms with Crippen LogP contribution in [0.4, 0.5) is 5.69 Å². The van der Waals surface area contributed by atoms with Crippen molar-refractivity contribution in [3.05, 3.63) is 29.3 Å². The summed E-state index contributed by atoms with van der Waals surface area (Å²) >= 11 is 0. The summed E-state index contributed by atoms with van der Waals surface area (Å²) in [7, 11) is 0. The van der Waals surface area contributed by atoms with Crippen molar-refractivity contribution in [1.29, 1.82) is 0 Å². The van der Waals surface area contributed by atoms with Gasteiger partial charge in [-0.15, -0.1) is 0 Å². The fourth-order valence-electron chi connectivity index (χ4n) is 2.17. The molecule has 4 nitrogen and oxygen atoms in total. The highest BCUT2D eigenvalue weighted by Crippen LogP contribution is 2.23. The van der Waals surface area contributed by atoms with E-state index in [1.165, 1.54) is 11.1 Å². The Kier molecular flexibility index (Phi) is 4.90. The molecule has 0 saturated carbocycles. The lowest BCUT2D eigenvalue weighted by atomic mass is 10.1. The highest BCUT2D eigenvalue weighted by atomic mass is 16.5. The molecule has 4 heteroatoms. The maximum Gasteiger partial charge on any atom is 0.0786 e. The van der Waals surface area contributed by atoms with Gasteiger partial charge in [0, 0.05) is 0 Å². The molecule has 1 aliphatic heterocycles. The molecule has 0 bridgehead atoms. The first kappa shape index (κ1) is 14.7. The predicted molar refractivity (Wildman–Crippen MR) is 84.2 cm³/mol. The topological polar surface area (TPSA) is 37.2 Å². The largest absolute Gasteiger partial charge is 0.378 e. The minimum absolute atomic E-state index is 0.754. The molecule has 1 saturated heterocycles. The van der Waals surface area contributed by atoms with E-state index >= 15 is 0 Å². The Balaban J connectivity index is 2.18. The standard InChI is InChI=1S/C16H23N3O/c1-12-6-5-7-13(2)16(12)17-14(3)15(4)18-19-8-10-20-11-9-19/h5-7H,8-11H2,1-4H3/b17-14?,18-15+. The lowest BCUT2D eigenvalue weighted by Gasteiger charge is -2.24. The number of morpholine rings is 1. The first-order valence-electron chi connectivity index (χ1n) is 7.07. The van der Waals surface area contributed by atoms with Crippen LogP contribution in [0.2, 0.25) is 0 Å². The van der Waals surface area contributed by atoms with E-state index in [9.17, 15) is 0 Å². The molecule has 1 aromatic carbocycles. The third kappa shape index (κ3) is 3.67. The van der Waals surface area contributed by atoms with Crippen molar-refractivity contribution in [1.82, 2.24) is 5.01 Å². The number of hydrogen-bond acceptors (Lipinski definition) is 4.